The molecule has 8 heteroatoms. The lowest BCUT2D eigenvalue weighted by Crippen LogP contribution is -2.43. The maximum atomic E-state index is 12.5. The van der Waals surface area contributed by atoms with Crippen LogP contribution in [0.3, 0.4) is 0 Å². The van der Waals surface area contributed by atoms with Crippen LogP contribution in [0.2, 0.25) is 0 Å². The van der Waals surface area contributed by atoms with Crippen molar-refractivity contribution < 1.29 is 14.7 Å². The minimum absolute atomic E-state index is 0.153. The Morgan fingerprint density at radius 3 is 2.57 bits per heavy atom. The summed E-state index contributed by atoms with van der Waals surface area (Å²) in [5.41, 5.74) is 3.05. The summed E-state index contributed by atoms with van der Waals surface area (Å²) in [5.74, 6) is -1.07. The highest BCUT2D eigenvalue weighted by Gasteiger charge is 2.33. The number of carboxylic acids is 1. The normalized spacial score (nSPS) is 20.6. The van der Waals surface area contributed by atoms with E-state index in [4.69, 9.17) is 0 Å². The van der Waals surface area contributed by atoms with Gasteiger partial charge in [-0.15, -0.1) is 11.3 Å². The van der Waals surface area contributed by atoms with Crippen molar-refractivity contribution in [1.82, 2.24) is 19.7 Å². The number of nitrogens with zero attached hydrogens (tertiary/aromatic N) is 4. The molecule has 0 aliphatic carbocycles. The number of thiazole rings is 1. The summed E-state index contributed by atoms with van der Waals surface area (Å²) >= 11 is 1.52. The molecule has 7 nitrogen and oxygen atoms in total. The first-order chi connectivity index (χ1) is 14.5. The number of benzene rings is 1. The summed E-state index contributed by atoms with van der Waals surface area (Å²) in [6.07, 6.45) is 1.43. The van der Waals surface area contributed by atoms with E-state index in [1.807, 2.05) is 5.38 Å². The molecule has 0 saturated carbocycles. The molecule has 0 spiro atoms. The number of carboxylic acid groups (broad SMARTS) is 1. The smallest absolute Gasteiger partial charge is 0.326 e. The molecule has 2 aromatic rings. The molecule has 0 bridgehead atoms. The highest BCUT2D eigenvalue weighted by atomic mass is 32.1. The fourth-order valence-corrected chi connectivity index (χ4v) is 4.94. The number of carbonyl (C=O) groups excluding carboxylic acids is 1. The third kappa shape index (κ3) is 4.88. The van der Waals surface area contributed by atoms with Gasteiger partial charge < -0.3 is 14.9 Å². The predicted octanol–water partition coefficient (Wildman–Crippen LogP) is 2.18. The second-order valence-corrected chi connectivity index (χ2v) is 9.04. The zero-order valence-electron chi connectivity index (χ0n) is 17.3. The van der Waals surface area contributed by atoms with E-state index in [9.17, 15) is 14.7 Å². The van der Waals surface area contributed by atoms with Crippen LogP contribution in [0.15, 0.2) is 29.6 Å². The molecule has 4 rings (SSSR count). The minimum atomic E-state index is -0.920. The number of rotatable bonds is 6. The molecule has 1 amide bonds. The number of hydrogen-bond donors (Lipinski definition) is 1. The van der Waals surface area contributed by atoms with Gasteiger partial charge in [0.05, 0.1) is 12.1 Å². The monoisotopic (exact) mass is 428 g/mol. The largest absolute Gasteiger partial charge is 0.480 e. The Kier molecular flexibility index (Phi) is 6.46. The number of aromatic nitrogens is 1. The average molecular weight is 429 g/mol. The zero-order chi connectivity index (χ0) is 21.1. The van der Waals surface area contributed by atoms with Gasteiger partial charge in [0, 0.05) is 50.2 Å². The SMILES string of the molecule is CN1CCN(Cc2ccc(-c3nc(CC(=O)N4CCCC4C(=O)O)cs3)cc2)CC1. The van der Waals surface area contributed by atoms with Gasteiger partial charge in [-0.05, 0) is 25.5 Å². The molecule has 2 aliphatic rings. The standard InChI is InChI=1S/C22H28N4O3S/c1-24-9-11-25(12-10-24)14-16-4-6-17(7-5-16)21-23-18(15-30-21)13-20(27)26-8-2-3-19(26)22(28)29/h4-7,15,19H,2-3,8-14H2,1H3,(H,28,29). The minimum Gasteiger partial charge on any atom is -0.480 e. The van der Waals surface area contributed by atoms with Crippen molar-refractivity contribution in [3.05, 3.63) is 40.9 Å². The van der Waals surface area contributed by atoms with Crippen molar-refractivity contribution in [3.63, 3.8) is 0 Å². The second-order valence-electron chi connectivity index (χ2n) is 8.18. The maximum Gasteiger partial charge on any atom is 0.326 e. The van der Waals surface area contributed by atoms with Crippen molar-refractivity contribution >= 4 is 23.2 Å². The number of hydrogen-bond acceptors (Lipinski definition) is 6. The number of likely N-dealkylation sites (N-methyl/N-ethyl adjacent to an activating group) is 1. The van der Waals surface area contributed by atoms with Gasteiger partial charge in [-0.2, -0.15) is 0 Å². The second kappa shape index (κ2) is 9.24. The Bertz CT molecular complexity index is 890. The van der Waals surface area contributed by atoms with Crippen molar-refractivity contribution in [1.29, 1.82) is 0 Å². The van der Waals surface area contributed by atoms with Gasteiger partial charge in [0.25, 0.3) is 0 Å². The van der Waals surface area contributed by atoms with Gasteiger partial charge in [0.15, 0.2) is 0 Å². The molecule has 2 fully saturated rings. The molecular formula is C22H28N4O3S. The van der Waals surface area contributed by atoms with Crippen LogP contribution in [0.4, 0.5) is 0 Å². The molecule has 1 N–H and O–H groups in total. The molecule has 1 unspecified atom stereocenters. The first kappa shape index (κ1) is 21.0. The van der Waals surface area contributed by atoms with Gasteiger partial charge in [-0.25, -0.2) is 9.78 Å². The molecule has 30 heavy (non-hydrogen) atoms. The summed E-state index contributed by atoms with van der Waals surface area (Å²) < 4.78 is 0. The maximum absolute atomic E-state index is 12.5. The number of carbonyl (C=O) groups is 2. The molecule has 1 atom stereocenters. The van der Waals surface area contributed by atoms with Crippen LogP contribution in [-0.4, -0.2) is 82.5 Å². The third-order valence-corrected chi connectivity index (χ3v) is 6.89. The van der Waals surface area contributed by atoms with Crippen LogP contribution in [0.25, 0.3) is 10.6 Å². The van der Waals surface area contributed by atoms with Crippen LogP contribution in [-0.2, 0) is 22.6 Å². The molecule has 3 heterocycles. The highest BCUT2D eigenvalue weighted by molar-refractivity contribution is 7.13. The number of likely N-dealkylation sites (tertiary alicyclic amines) is 1. The van der Waals surface area contributed by atoms with Gasteiger partial charge in [-0.3, -0.25) is 9.69 Å². The van der Waals surface area contributed by atoms with Crippen LogP contribution in [0, 0.1) is 0 Å². The molecule has 160 valence electrons. The lowest BCUT2D eigenvalue weighted by atomic mass is 10.1. The lowest BCUT2D eigenvalue weighted by Gasteiger charge is -2.32. The average Bonchev–Trinajstić information content (AvgIpc) is 3.40. The summed E-state index contributed by atoms with van der Waals surface area (Å²) in [5, 5.41) is 12.1. The Balaban J connectivity index is 1.35. The van der Waals surface area contributed by atoms with E-state index in [-0.39, 0.29) is 12.3 Å². The first-order valence-electron chi connectivity index (χ1n) is 10.5. The Hall–Kier alpha value is -2.29. The van der Waals surface area contributed by atoms with Crippen LogP contribution in [0.1, 0.15) is 24.1 Å². The van der Waals surface area contributed by atoms with Crippen molar-refractivity contribution in [2.75, 3.05) is 39.8 Å². The molecule has 1 aromatic carbocycles. The van der Waals surface area contributed by atoms with E-state index in [1.54, 1.807) is 0 Å². The van der Waals surface area contributed by atoms with Crippen LogP contribution in [0.5, 0.6) is 0 Å². The highest BCUT2D eigenvalue weighted by Crippen LogP contribution is 2.26. The number of piperazine rings is 1. The van der Waals surface area contributed by atoms with E-state index in [0.717, 1.165) is 49.7 Å². The lowest BCUT2D eigenvalue weighted by molar-refractivity contribution is -0.148. The summed E-state index contributed by atoms with van der Waals surface area (Å²) in [4.78, 5) is 34.8. The van der Waals surface area contributed by atoms with Crippen molar-refractivity contribution in [2.45, 2.75) is 31.8 Å². The van der Waals surface area contributed by atoms with E-state index in [2.05, 4.69) is 46.1 Å². The number of aliphatic carboxylic acids is 1. The van der Waals surface area contributed by atoms with Gasteiger partial charge in [0.1, 0.15) is 11.0 Å². The summed E-state index contributed by atoms with van der Waals surface area (Å²) in [6.45, 7) is 5.91. The molecule has 2 saturated heterocycles. The summed E-state index contributed by atoms with van der Waals surface area (Å²) in [6, 6.07) is 7.81. The number of amides is 1. The van der Waals surface area contributed by atoms with Crippen molar-refractivity contribution in [3.8, 4) is 10.6 Å². The predicted molar refractivity (Wildman–Crippen MR) is 116 cm³/mol. The third-order valence-electron chi connectivity index (χ3n) is 5.95. The van der Waals surface area contributed by atoms with Crippen molar-refractivity contribution in [2.24, 2.45) is 0 Å². The van der Waals surface area contributed by atoms with E-state index in [0.29, 0.717) is 18.7 Å². The van der Waals surface area contributed by atoms with E-state index >= 15 is 0 Å². The van der Waals surface area contributed by atoms with Gasteiger partial charge in [0.2, 0.25) is 5.91 Å². The quantitative estimate of drug-likeness (QED) is 0.760. The molecule has 1 aromatic heterocycles. The van der Waals surface area contributed by atoms with Crippen LogP contribution < -0.4 is 0 Å². The molecular weight excluding hydrogens is 400 g/mol. The molecule has 0 radical (unpaired) electrons. The molecule has 2 aliphatic heterocycles. The zero-order valence-corrected chi connectivity index (χ0v) is 18.1. The van der Waals surface area contributed by atoms with E-state index < -0.39 is 12.0 Å². The Morgan fingerprint density at radius 2 is 1.87 bits per heavy atom. The fraction of sp³-hybridized carbons (Fsp3) is 0.500. The van der Waals surface area contributed by atoms with E-state index in [1.165, 1.54) is 21.8 Å². The van der Waals surface area contributed by atoms with Gasteiger partial charge in [-0.1, -0.05) is 24.3 Å². The Labute approximate surface area is 180 Å². The van der Waals surface area contributed by atoms with Gasteiger partial charge >= 0.3 is 5.97 Å². The summed E-state index contributed by atoms with van der Waals surface area (Å²) in [7, 11) is 2.16. The van der Waals surface area contributed by atoms with Crippen LogP contribution >= 0.6 is 11.3 Å². The fourth-order valence-electron chi connectivity index (χ4n) is 4.12. The first-order valence-corrected chi connectivity index (χ1v) is 11.3. The topological polar surface area (TPSA) is 77.0 Å². The Morgan fingerprint density at radius 1 is 1.13 bits per heavy atom.